The van der Waals surface area contributed by atoms with Gasteiger partial charge in [-0.2, -0.15) is 0 Å². The highest BCUT2D eigenvalue weighted by Gasteiger charge is 2.23. The van der Waals surface area contributed by atoms with Crippen LogP contribution in [-0.4, -0.2) is 38.5 Å². The molecule has 0 aromatic heterocycles. The molecule has 1 aromatic carbocycles. The van der Waals surface area contributed by atoms with Crippen molar-refractivity contribution in [3.8, 4) is 0 Å². The summed E-state index contributed by atoms with van der Waals surface area (Å²) in [5, 5.41) is 8.29. The molecule has 0 spiro atoms. The second kappa shape index (κ2) is 6.03. The van der Waals surface area contributed by atoms with Crippen LogP contribution >= 0.6 is 0 Å². The number of benzene rings is 1. The van der Waals surface area contributed by atoms with E-state index in [1.807, 2.05) is 0 Å². The molecule has 7 heteroatoms. The lowest BCUT2D eigenvalue weighted by atomic mass is 10.1. The van der Waals surface area contributed by atoms with Gasteiger partial charge in [0.25, 0.3) is 0 Å². The lowest BCUT2D eigenvalue weighted by Crippen LogP contribution is -2.29. The maximum absolute atomic E-state index is 12.0. The Morgan fingerprint density at radius 2 is 2.11 bits per heavy atom. The van der Waals surface area contributed by atoms with E-state index in [0.29, 0.717) is 5.56 Å². The molecule has 0 aliphatic rings. The Morgan fingerprint density at radius 1 is 1.47 bits per heavy atom. The van der Waals surface area contributed by atoms with E-state index in [4.69, 9.17) is 9.84 Å². The van der Waals surface area contributed by atoms with Gasteiger partial charge in [0.15, 0.2) is 0 Å². The van der Waals surface area contributed by atoms with E-state index >= 15 is 0 Å². The maximum atomic E-state index is 12.0. The van der Waals surface area contributed by atoms with Gasteiger partial charge in [-0.3, -0.25) is 4.72 Å². The van der Waals surface area contributed by atoms with Crippen LogP contribution in [0.5, 0.6) is 0 Å². The third-order valence-corrected chi connectivity index (χ3v) is 4.36. The molecule has 0 saturated carbocycles. The molecule has 0 amide bonds. The number of carboxylic acid groups (broad SMARTS) is 1. The lowest BCUT2D eigenvalue weighted by molar-refractivity contribution is 0.0698. The van der Waals surface area contributed by atoms with Crippen molar-refractivity contribution < 1.29 is 23.1 Å². The summed E-state index contributed by atoms with van der Waals surface area (Å²) in [6.07, 6.45) is 0. The Hall–Kier alpha value is -1.60. The Bertz CT molecular complexity index is 567. The van der Waals surface area contributed by atoms with E-state index in [0.717, 1.165) is 0 Å². The largest absolute Gasteiger partial charge is 0.478 e. The van der Waals surface area contributed by atoms with Gasteiger partial charge in [-0.25, -0.2) is 13.2 Å². The molecule has 2 N–H and O–H groups in total. The van der Waals surface area contributed by atoms with E-state index in [9.17, 15) is 13.2 Å². The number of para-hydroxylation sites is 1. The Labute approximate surface area is 112 Å². The lowest BCUT2D eigenvalue weighted by Gasteiger charge is -2.17. The van der Waals surface area contributed by atoms with Crippen LogP contribution in [0.3, 0.4) is 0 Å². The summed E-state index contributed by atoms with van der Waals surface area (Å²) in [5.74, 6) is -1.18. The molecule has 0 aliphatic carbocycles. The second-order valence-corrected chi connectivity index (χ2v) is 6.31. The summed E-state index contributed by atoms with van der Waals surface area (Å²) in [4.78, 5) is 11.1. The van der Waals surface area contributed by atoms with Gasteiger partial charge in [0.1, 0.15) is 5.25 Å². The van der Waals surface area contributed by atoms with Crippen molar-refractivity contribution in [3.05, 3.63) is 29.3 Å². The average molecular weight is 287 g/mol. The van der Waals surface area contributed by atoms with Crippen molar-refractivity contribution in [2.45, 2.75) is 19.1 Å². The Balaban J connectivity index is 3.16. The van der Waals surface area contributed by atoms with Crippen LogP contribution in [0.15, 0.2) is 18.2 Å². The number of aromatic carboxylic acids is 1. The molecule has 1 unspecified atom stereocenters. The van der Waals surface area contributed by atoms with Gasteiger partial charge in [0.2, 0.25) is 10.0 Å². The third-order valence-electron chi connectivity index (χ3n) is 2.68. The number of nitrogens with one attached hydrogen (secondary N) is 1. The first-order valence-corrected chi connectivity index (χ1v) is 7.17. The van der Waals surface area contributed by atoms with Crippen LogP contribution in [-0.2, 0) is 14.8 Å². The molecular weight excluding hydrogens is 270 g/mol. The standard InChI is InChI=1S/C12H17NO5S/c1-8-5-4-6-10(12(14)15)11(8)13-19(16,17)9(2)7-18-3/h4-6,9,13H,7H2,1-3H3,(H,14,15). The molecule has 0 bridgehead atoms. The van der Waals surface area contributed by atoms with E-state index in [1.165, 1.54) is 20.1 Å². The van der Waals surface area contributed by atoms with Crippen molar-refractivity contribution in [3.63, 3.8) is 0 Å². The summed E-state index contributed by atoms with van der Waals surface area (Å²) in [6.45, 7) is 3.17. The fraction of sp³-hybridized carbons (Fsp3) is 0.417. The summed E-state index contributed by atoms with van der Waals surface area (Å²) in [7, 11) is -2.29. The van der Waals surface area contributed by atoms with Gasteiger partial charge in [-0.15, -0.1) is 0 Å². The van der Waals surface area contributed by atoms with E-state index < -0.39 is 21.2 Å². The van der Waals surface area contributed by atoms with Crippen molar-refractivity contribution in [1.82, 2.24) is 0 Å². The van der Waals surface area contributed by atoms with Crippen LogP contribution in [0, 0.1) is 6.92 Å². The molecule has 0 heterocycles. The monoisotopic (exact) mass is 287 g/mol. The highest BCUT2D eigenvalue weighted by Crippen LogP contribution is 2.23. The normalized spacial score (nSPS) is 13.0. The number of carbonyl (C=O) groups is 1. The molecule has 1 atom stereocenters. The SMILES string of the molecule is COCC(C)S(=O)(=O)Nc1c(C)cccc1C(=O)O. The fourth-order valence-corrected chi connectivity index (χ4v) is 2.62. The summed E-state index contributed by atoms with van der Waals surface area (Å²) in [5.41, 5.74) is 0.569. The first-order valence-electron chi connectivity index (χ1n) is 5.63. The number of hydrogen-bond donors (Lipinski definition) is 2. The van der Waals surface area contributed by atoms with Gasteiger partial charge in [-0.05, 0) is 25.5 Å². The minimum absolute atomic E-state index is 0.0314. The fourth-order valence-electron chi connectivity index (χ4n) is 1.55. The smallest absolute Gasteiger partial charge is 0.337 e. The van der Waals surface area contributed by atoms with Crippen molar-refractivity contribution in [1.29, 1.82) is 0 Å². The highest BCUT2D eigenvalue weighted by atomic mass is 32.2. The minimum Gasteiger partial charge on any atom is -0.478 e. The van der Waals surface area contributed by atoms with E-state index in [-0.39, 0.29) is 17.9 Å². The number of carboxylic acids is 1. The number of ether oxygens (including phenoxy) is 1. The summed E-state index contributed by atoms with van der Waals surface area (Å²) in [6, 6.07) is 4.56. The van der Waals surface area contributed by atoms with Crippen LogP contribution < -0.4 is 4.72 Å². The molecule has 0 fully saturated rings. The highest BCUT2D eigenvalue weighted by molar-refractivity contribution is 7.93. The van der Waals surface area contributed by atoms with Crippen molar-refractivity contribution in [2.24, 2.45) is 0 Å². The number of aryl methyl sites for hydroxylation is 1. The van der Waals surface area contributed by atoms with Gasteiger partial charge in [0.05, 0.1) is 17.9 Å². The number of rotatable bonds is 6. The van der Waals surface area contributed by atoms with Crippen LogP contribution in [0.4, 0.5) is 5.69 Å². The van der Waals surface area contributed by atoms with E-state index in [2.05, 4.69) is 4.72 Å². The van der Waals surface area contributed by atoms with E-state index in [1.54, 1.807) is 19.1 Å². The topological polar surface area (TPSA) is 92.7 Å². The van der Waals surface area contributed by atoms with Crippen LogP contribution in [0.2, 0.25) is 0 Å². The predicted octanol–water partition coefficient (Wildman–Crippen LogP) is 1.47. The Kier molecular flexibility index (Phi) is 4.90. The zero-order chi connectivity index (χ0) is 14.6. The molecule has 106 valence electrons. The molecular formula is C12H17NO5S. The van der Waals surface area contributed by atoms with Gasteiger partial charge < -0.3 is 9.84 Å². The first kappa shape index (κ1) is 15.5. The zero-order valence-corrected chi connectivity index (χ0v) is 11.8. The van der Waals surface area contributed by atoms with Gasteiger partial charge >= 0.3 is 5.97 Å². The molecule has 19 heavy (non-hydrogen) atoms. The molecule has 0 aliphatic heterocycles. The first-order chi connectivity index (χ1) is 8.79. The number of anilines is 1. The average Bonchev–Trinajstić information content (AvgIpc) is 2.31. The molecule has 6 nitrogen and oxygen atoms in total. The molecule has 1 rings (SSSR count). The molecule has 1 aromatic rings. The number of hydrogen-bond acceptors (Lipinski definition) is 4. The van der Waals surface area contributed by atoms with Crippen LogP contribution in [0.25, 0.3) is 0 Å². The summed E-state index contributed by atoms with van der Waals surface area (Å²) < 4.78 is 31.2. The summed E-state index contributed by atoms with van der Waals surface area (Å²) >= 11 is 0. The third kappa shape index (κ3) is 3.68. The minimum atomic E-state index is -3.69. The number of methoxy groups -OCH3 is 1. The van der Waals surface area contributed by atoms with Gasteiger partial charge in [0, 0.05) is 7.11 Å². The van der Waals surface area contributed by atoms with Crippen molar-refractivity contribution in [2.75, 3.05) is 18.4 Å². The second-order valence-electron chi connectivity index (χ2n) is 4.22. The predicted molar refractivity (Wildman–Crippen MR) is 72.0 cm³/mol. The number of sulfonamides is 1. The quantitative estimate of drug-likeness (QED) is 0.826. The van der Waals surface area contributed by atoms with Gasteiger partial charge in [-0.1, -0.05) is 12.1 Å². The molecule has 0 saturated heterocycles. The Morgan fingerprint density at radius 3 is 2.63 bits per heavy atom. The maximum Gasteiger partial charge on any atom is 0.337 e. The van der Waals surface area contributed by atoms with Crippen molar-refractivity contribution >= 4 is 21.7 Å². The zero-order valence-electron chi connectivity index (χ0n) is 11.0. The van der Waals surface area contributed by atoms with Crippen LogP contribution in [0.1, 0.15) is 22.8 Å². The molecule has 0 radical (unpaired) electrons.